The molecule has 0 aromatic heterocycles. The summed E-state index contributed by atoms with van der Waals surface area (Å²) in [5, 5.41) is 78.7. The summed E-state index contributed by atoms with van der Waals surface area (Å²) in [6.07, 6.45) is -6.02. The van der Waals surface area contributed by atoms with Crippen LogP contribution in [-0.4, -0.2) is 145 Å². The Hall–Kier alpha value is -5.09. The Morgan fingerprint density at radius 3 is 0.931 bits per heavy atom. The van der Waals surface area contributed by atoms with Crippen molar-refractivity contribution in [2.24, 2.45) is 0 Å². The number of aliphatic hydroxyl groups excluding tert-OH is 8. The highest BCUT2D eigenvalue weighted by atomic mass is 32.2. The quantitative estimate of drug-likeness (QED) is 0.0761. The van der Waals surface area contributed by atoms with E-state index in [1.807, 2.05) is 0 Å². The van der Waals surface area contributed by atoms with Crippen LogP contribution in [0, 0.1) is 0 Å². The minimum absolute atomic E-state index is 0.0813. The highest BCUT2D eigenvalue weighted by Gasteiger charge is 2.59. The molecular weight excluding hydrogens is 1480 g/mol. The second-order valence-electron chi connectivity index (χ2n) is 26.8. The van der Waals surface area contributed by atoms with Gasteiger partial charge in [0.25, 0.3) is 53.2 Å². The molecular formula is C64H69F17O16S4. The van der Waals surface area contributed by atoms with Gasteiger partial charge >= 0.3 is 16.5 Å². The topological polar surface area (TPSA) is 298 Å². The summed E-state index contributed by atoms with van der Waals surface area (Å²) in [7, 11) is -21.4. The highest BCUT2D eigenvalue weighted by Crippen LogP contribution is 2.56. The third-order valence-corrected chi connectivity index (χ3v) is 25.6. The summed E-state index contributed by atoms with van der Waals surface area (Å²) >= 11 is 0. The molecule has 1 unspecified atom stereocenters. The molecule has 0 heterocycles. The lowest BCUT2D eigenvalue weighted by molar-refractivity contribution is -0.0979. The Labute approximate surface area is 567 Å². The van der Waals surface area contributed by atoms with Crippen LogP contribution < -0.4 is 0 Å². The predicted octanol–water partition coefficient (Wildman–Crippen LogP) is 11.9. The van der Waals surface area contributed by atoms with E-state index in [2.05, 4.69) is 0 Å². The zero-order valence-corrected chi connectivity index (χ0v) is 56.2. The van der Waals surface area contributed by atoms with Crippen LogP contribution >= 0.6 is 0 Å². The normalized spacial score (nSPS) is 28.3. The van der Waals surface area contributed by atoms with Crippen LogP contribution in [0.1, 0.15) is 205 Å². The average molecular weight is 1550 g/mol. The van der Waals surface area contributed by atoms with Gasteiger partial charge in [-0.05, 0) is 169 Å². The Morgan fingerprint density at radius 2 is 0.644 bits per heavy atom. The van der Waals surface area contributed by atoms with Gasteiger partial charge in [0.15, 0.2) is 9.84 Å². The SMILES string of the molecule is CS(=O)(=O)c1ccc([C@H]2CCC[C@@H](O)C2)c2c1[C@H](O)C(F)(F)C2.O=S(=O)(c1ccc(C2=CC(O)CCC2)c2c1[C@H](O)C(F)(F)C2)C(F)(F)F.O=S(=O)(c1ccc([C@@H]2CCC[C@@H](O)C2)c2c1[C@H](O)C(F)(F)C2)C(F)(F)F.O=S(=O)(c1ccc([C@@H]2CCC[C@H](O)C2)c2c1[C@H](O)C(F)(F)C2)C(F)(F)F. The third kappa shape index (κ3) is 15.5. The standard InChI is InChI=1S/2C16H17F5O4S.C16H15F5O4S.C16H20F2O4S/c3*17-15(18)7-11-10(8-2-1-3-9(22)6-8)4-5-12(13(11)14(15)23)26(24,25)16(19,20)21;1-23(21,22)13-6-5-11(9-3-2-4-10(19)7-9)12-8-16(17,18)15(20)14(12)13/h2*4-5,8-9,14,22-23H,1-3,6-7H2;4-6,9,14,22-23H,1-3,7H2;5-6,9-10,15,19-20H,2-4,7-8H2,1H3/t8-,9+,14+;8-,9-,14+;9?,14-;9-,10+,15-/m1100/s1. The van der Waals surface area contributed by atoms with Gasteiger partial charge < -0.3 is 40.9 Å². The van der Waals surface area contributed by atoms with Crippen LogP contribution in [0.5, 0.6) is 0 Å². The van der Waals surface area contributed by atoms with Gasteiger partial charge in [-0.1, -0.05) is 49.6 Å². The first-order chi connectivity index (χ1) is 46.2. The molecule has 3 fully saturated rings. The molecule has 4 aromatic rings. The van der Waals surface area contributed by atoms with Crippen molar-refractivity contribution in [1.29, 1.82) is 0 Å². The average Bonchev–Trinajstić information content (AvgIpc) is 1.63. The zero-order valence-electron chi connectivity index (χ0n) is 52.9. The number of sulfone groups is 4. The van der Waals surface area contributed by atoms with E-state index in [0.29, 0.717) is 100.0 Å². The van der Waals surface area contributed by atoms with E-state index in [1.165, 1.54) is 12.1 Å². The predicted molar refractivity (Wildman–Crippen MR) is 323 cm³/mol. The molecule has 0 bridgehead atoms. The molecule has 0 saturated heterocycles. The lowest BCUT2D eigenvalue weighted by atomic mass is 9.80. The van der Waals surface area contributed by atoms with E-state index >= 15 is 0 Å². The molecule has 16 nitrogen and oxygen atoms in total. The van der Waals surface area contributed by atoms with Gasteiger partial charge in [-0.3, -0.25) is 0 Å². The molecule has 8 aliphatic rings. The number of halogens is 17. The van der Waals surface area contributed by atoms with Crippen molar-refractivity contribution in [2.45, 2.75) is 248 Å². The van der Waals surface area contributed by atoms with Crippen molar-refractivity contribution in [2.75, 3.05) is 6.26 Å². The smallest absolute Gasteiger partial charge is 0.393 e. The van der Waals surface area contributed by atoms with Gasteiger partial charge in [0.2, 0.25) is 0 Å². The molecule has 0 radical (unpaired) electrons. The summed E-state index contributed by atoms with van der Waals surface area (Å²) in [5.74, 6) is -15.5. The molecule has 101 heavy (non-hydrogen) atoms. The maximum absolute atomic E-state index is 14.0. The number of aliphatic hydroxyl groups is 8. The molecule has 37 heteroatoms. The fraction of sp³-hybridized carbons (Fsp3) is 0.594. The van der Waals surface area contributed by atoms with E-state index < -0.39 is 185 Å². The largest absolute Gasteiger partial charge is 0.501 e. The van der Waals surface area contributed by atoms with Crippen molar-refractivity contribution in [3.63, 3.8) is 0 Å². The molecule has 8 N–H and O–H groups in total. The van der Waals surface area contributed by atoms with Gasteiger partial charge in [0, 0.05) is 54.2 Å². The molecule has 0 amide bonds. The summed E-state index contributed by atoms with van der Waals surface area (Å²) in [6, 6.07) is 8.02. The van der Waals surface area contributed by atoms with E-state index in [4.69, 9.17) is 0 Å². The zero-order chi connectivity index (χ0) is 75.5. The van der Waals surface area contributed by atoms with Gasteiger partial charge in [0.1, 0.15) is 24.4 Å². The van der Waals surface area contributed by atoms with Crippen molar-refractivity contribution >= 4 is 44.9 Å². The number of alkyl halides is 17. The molecule has 11 atom stereocenters. The molecule has 0 spiro atoms. The van der Waals surface area contributed by atoms with Crippen LogP contribution in [-0.2, 0) is 65.0 Å². The Morgan fingerprint density at radius 1 is 0.366 bits per heavy atom. The van der Waals surface area contributed by atoms with Gasteiger partial charge in [0.05, 0.1) is 44.0 Å². The highest BCUT2D eigenvalue weighted by molar-refractivity contribution is 7.93. The number of hydrogen-bond acceptors (Lipinski definition) is 16. The first-order valence-corrected chi connectivity index (χ1v) is 38.0. The van der Waals surface area contributed by atoms with E-state index in [9.17, 15) is 149 Å². The molecule has 4 aromatic carbocycles. The summed E-state index contributed by atoms with van der Waals surface area (Å²) < 4.78 is 323. The molecule has 8 aliphatic carbocycles. The monoisotopic (exact) mass is 1540 g/mol. The van der Waals surface area contributed by atoms with E-state index in [1.54, 1.807) is 6.07 Å². The molecule has 3 saturated carbocycles. The minimum atomic E-state index is -5.91. The summed E-state index contributed by atoms with van der Waals surface area (Å²) in [5.41, 5.74) is -18.7. The molecule has 12 rings (SSSR count). The van der Waals surface area contributed by atoms with Crippen LogP contribution in [0.2, 0.25) is 0 Å². The second kappa shape index (κ2) is 28.0. The van der Waals surface area contributed by atoms with E-state index in [-0.39, 0.29) is 80.0 Å². The maximum Gasteiger partial charge on any atom is 0.501 e. The Kier molecular flexibility index (Phi) is 22.2. The number of rotatable bonds is 8. The van der Waals surface area contributed by atoms with Crippen LogP contribution in [0.15, 0.2) is 74.2 Å². The summed E-state index contributed by atoms with van der Waals surface area (Å²) in [6.45, 7) is 0. The Bertz CT molecular complexity index is 4200. The van der Waals surface area contributed by atoms with Crippen LogP contribution in [0.25, 0.3) is 5.57 Å². The maximum atomic E-state index is 14.0. The minimum Gasteiger partial charge on any atom is -0.393 e. The van der Waals surface area contributed by atoms with Crippen molar-refractivity contribution in [3.05, 3.63) is 121 Å². The van der Waals surface area contributed by atoms with Crippen LogP contribution in [0.4, 0.5) is 74.6 Å². The van der Waals surface area contributed by atoms with Gasteiger partial charge in [-0.25, -0.2) is 68.8 Å². The second-order valence-corrected chi connectivity index (χ2v) is 34.5. The Balaban J connectivity index is 0.000000157. The first-order valence-electron chi connectivity index (χ1n) is 31.6. The van der Waals surface area contributed by atoms with Crippen molar-refractivity contribution < 1.29 is 149 Å². The van der Waals surface area contributed by atoms with Crippen molar-refractivity contribution in [3.8, 4) is 0 Å². The van der Waals surface area contributed by atoms with Gasteiger partial charge in [-0.15, -0.1) is 0 Å². The number of benzene rings is 4. The number of allylic oxidation sites excluding steroid dienone is 1. The lowest BCUT2D eigenvalue weighted by Gasteiger charge is -2.28. The first kappa shape index (κ1) is 80.0. The summed E-state index contributed by atoms with van der Waals surface area (Å²) in [4.78, 5) is -4.24. The third-order valence-electron chi connectivity index (χ3n) is 19.8. The van der Waals surface area contributed by atoms with Gasteiger partial charge in [-0.2, -0.15) is 39.5 Å². The van der Waals surface area contributed by atoms with E-state index in [0.717, 1.165) is 37.3 Å². The van der Waals surface area contributed by atoms with Crippen molar-refractivity contribution in [1.82, 2.24) is 0 Å². The molecule has 0 aliphatic heterocycles. The fourth-order valence-electron chi connectivity index (χ4n) is 15.1. The lowest BCUT2D eigenvalue weighted by Crippen LogP contribution is -2.27. The fourth-order valence-corrected chi connectivity index (χ4v) is 19.1. The number of hydrogen-bond donors (Lipinski definition) is 8. The van der Waals surface area contributed by atoms with Crippen LogP contribution in [0.3, 0.4) is 0 Å². The number of fused-ring (bicyclic) bond motifs is 4. The molecule has 564 valence electrons.